The van der Waals surface area contributed by atoms with Crippen LogP contribution >= 0.6 is 0 Å². The maximum absolute atomic E-state index is 13.8. The van der Waals surface area contributed by atoms with E-state index in [4.69, 9.17) is 4.98 Å². The highest BCUT2D eigenvalue weighted by molar-refractivity contribution is 5.96. The normalized spacial score (nSPS) is 11.4. The van der Waals surface area contributed by atoms with E-state index in [-0.39, 0.29) is 5.82 Å². The minimum Gasteiger partial charge on any atom is -0.321 e. The van der Waals surface area contributed by atoms with Gasteiger partial charge in [0, 0.05) is 35.9 Å². The zero-order chi connectivity index (χ0) is 20.8. The predicted molar refractivity (Wildman–Crippen MR) is 115 cm³/mol. The molecule has 1 aromatic carbocycles. The zero-order valence-electron chi connectivity index (χ0n) is 16.0. The molecule has 0 unspecified atom stereocenters. The molecule has 5 aromatic heterocycles. The van der Waals surface area contributed by atoms with Gasteiger partial charge in [-0.2, -0.15) is 5.10 Å². The van der Waals surface area contributed by atoms with Gasteiger partial charge in [-0.15, -0.1) is 0 Å². The van der Waals surface area contributed by atoms with E-state index in [9.17, 15) is 4.39 Å². The summed E-state index contributed by atoms with van der Waals surface area (Å²) in [7, 11) is 0. The fourth-order valence-electron chi connectivity index (χ4n) is 3.70. The number of pyridine rings is 3. The maximum atomic E-state index is 13.8. The third-order valence-electron chi connectivity index (χ3n) is 5.17. The van der Waals surface area contributed by atoms with Gasteiger partial charge < -0.3 is 4.98 Å². The number of H-pyrrole nitrogens is 2. The molecular weight excluding hydrogens is 393 g/mol. The molecule has 6 rings (SSSR count). The van der Waals surface area contributed by atoms with Crippen LogP contribution in [-0.2, 0) is 0 Å². The van der Waals surface area contributed by atoms with E-state index in [0.29, 0.717) is 28.3 Å². The van der Waals surface area contributed by atoms with Gasteiger partial charge >= 0.3 is 0 Å². The van der Waals surface area contributed by atoms with Gasteiger partial charge in [0.15, 0.2) is 17.1 Å². The first-order valence-corrected chi connectivity index (χ1v) is 9.62. The molecule has 8 heteroatoms. The van der Waals surface area contributed by atoms with E-state index < -0.39 is 0 Å². The molecule has 0 aliphatic carbocycles. The summed E-state index contributed by atoms with van der Waals surface area (Å²) in [6.45, 7) is 0. The molecule has 0 aliphatic rings. The largest absolute Gasteiger partial charge is 0.321 e. The fourth-order valence-corrected chi connectivity index (χ4v) is 3.70. The Morgan fingerprint density at radius 3 is 2.58 bits per heavy atom. The standard InChI is InChI=1S/C23H14FN7/c24-16-3-1-2-14(10-16)17-6-9-26-22-19(17)28-23(29-22)20-18-11-15(12-27-21(18)31-30-20)13-4-7-25-8-5-13/h1-12H,(H,26,28,29)(H,27,30,31). The molecule has 0 radical (unpaired) electrons. The van der Waals surface area contributed by atoms with Crippen LogP contribution < -0.4 is 0 Å². The fraction of sp³-hybridized carbons (Fsp3) is 0. The van der Waals surface area contributed by atoms with Gasteiger partial charge in [0.2, 0.25) is 0 Å². The van der Waals surface area contributed by atoms with Crippen LogP contribution in [0.4, 0.5) is 4.39 Å². The molecule has 0 amide bonds. The lowest BCUT2D eigenvalue weighted by Crippen LogP contribution is -1.85. The lowest BCUT2D eigenvalue weighted by molar-refractivity contribution is 0.628. The van der Waals surface area contributed by atoms with Gasteiger partial charge in [-0.1, -0.05) is 12.1 Å². The van der Waals surface area contributed by atoms with Gasteiger partial charge in [0.1, 0.15) is 17.0 Å². The Morgan fingerprint density at radius 2 is 1.71 bits per heavy atom. The van der Waals surface area contributed by atoms with E-state index >= 15 is 0 Å². The van der Waals surface area contributed by atoms with Gasteiger partial charge in [-0.3, -0.25) is 10.1 Å². The topological polar surface area (TPSA) is 96.0 Å². The van der Waals surface area contributed by atoms with Gasteiger partial charge in [0.25, 0.3) is 0 Å². The number of rotatable bonds is 3. The van der Waals surface area contributed by atoms with E-state index in [1.54, 1.807) is 30.9 Å². The van der Waals surface area contributed by atoms with Crippen molar-refractivity contribution in [2.24, 2.45) is 0 Å². The summed E-state index contributed by atoms with van der Waals surface area (Å²) < 4.78 is 13.8. The third-order valence-corrected chi connectivity index (χ3v) is 5.17. The lowest BCUT2D eigenvalue weighted by Gasteiger charge is -2.02. The second-order valence-corrected chi connectivity index (χ2v) is 7.08. The maximum Gasteiger partial charge on any atom is 0.161 e. The molecule has 7 nitrogen and oxygen atoms in total. The van der Waals surface area contributed by atoms with Crippen LogP contribution in [0.1, 0.15) is 0 Å². The predicted octanol–water partition coefficient (Wildman–Crippen LogP) is 4.76. The second-order valence-electron chi connectivity index (χ2n) is 7.08. The van der Waals surface area contributed by atoms with Crippen molar-refractivity contribution in [1.29, 1.82) is 0 Å². The first-order valence-electron chi connectivity index (χ1n) is 9.62. The molecular formula is C23H14FN7. The Morgan fingerprint density at radius 1 is 0.806 bits per heavy atom. The van der Waals surface area contributed by atoms with Crippen molar-refractivity contribution in [2.75, 3.05) is 0 Å². The molecule has 0 spiro atoms. The van der Waals surface area contributed by atoms with E-state index in [1.165, 1.54) is 12.1 Å². The highest BCUT2D eigenvalue weighted by atomic mass is 19.1. The van der Waals surface area contributed by atoms with Gasteiger partial charge in [-0.25, -0.2) is 19.3 Å². The molecule has 2 N–H and O–H groups in total. The number of fused-ring (bicyclic) bond motifs is 2. The highest BCUT2D eigenvalue weighted by Gasteiger charge is 2.17. The third kappa shape index (κ3) is 2.93. The number of aromatic amines is 2. The number of nitrogens with zero attached hydrogens (tertiary/aromatic N) is 5. The Balaban J connectivity index is 1.52. The first-order chi connectivity index (χ1) is 15.3. The summed E-state index contributed by atoms with van der Waals surface area (Å²) >= 11 is 0. The SMILES string of the molecule is Fc1cccc(-c2ccnc3[nH]c(-c4n[nH]c5ncc(-c6ccncc6)cc45)nc23)c1. The zero-order valence-corrected chi connectivity index (χ0v) is 16.0. The monoisotopic (exact) mass is 407 g/mol. The smallest absolute Gasteiger partial charge is 0.161 e. The lowest BCUT2D eigenvalue weighted by atomic mass is 10.1. The summed E-state index contributed by atoms with van der Waals surface area (Å²) in [5, 5.41) is 8.22. The minimum atomic E-state index is -0.300. The van der Waals surface area contributed by atoms with Crippen LogP contribution in [0.5, 0.6) is 0 Å². The summed E-state index contributed by atoms with van der Waals surface area (Å²) in [6, 6.07) is 14.1. The molecule has 148 valence electrons. The van der Waals surface area contributed by atoms with E-state index in [1.807, 2.05) is 30.3 Å². The number of hydrogen-bond acceptors (Lipinski definition) is 5. The highest BCUT2D eigenvalue weighted by Crippen LogP contribution is 2.31. The molecule has 0 bridgehead atoms. The molecule has 0 aliphatic heterocycles. The van der Waals surface area contributed by atoms with Crippen LogP contribution in [0.15, 0.2) is 73.3 Å². The van der Waals surface area contributed by atoms with Crippen LogP contribution in [0.2, 0.25) is 0 Å². The van der Waals surface area contributed by atoms with Crippen LogP contribution in [0.25, 0.3) is 56.0 Å². The minimum absolute atomic E-state index is 0.300. The van der Waals surface area contributed by atoms with Crippen molar-refractivity contribution in [3.05, 3.63) is 79.1 Å². The number of imidazole rings is 1. The molecule has 0 saturated heterocycles. The number of hydrogen-bond donors (Lipinski definition) is 2. The average molecular weight is 407 g/mol. The summed E-state index contributed by atoms with van der Waals surface area (Å²) in [5.74, 6) is 0.262. The van der Waals surface area contributed by atoms with E-state index in [2.05, 4.69) is 30.1 Å². The van der Waals surface area contributed by atoms with E-state index in [0.717, 1.165) is 27.6 Å². The number of benzene rings is 1. The molecule has 0 fully saturated rings. The Bertz CT molecular complexity index is 1550. The average Bonchev–Trinajstić information content (AvgIpc) is 3.43. The number of aromatic nitrogens is 7. The van der Waals surface area contributed by atoms with Crippen molar-refractivity contribution < 1.29 is 4.39 Å². The van der Waals surface area contributed by atoms with Crippen molar-refractivity contribution in [3.63, 3.8) is 0 Å². The molecule has 0 atom stereocenters. The summed E-state index contributed by atoms with van der Waals surface area (Å²) in [6.07, 6.45) is 6.96. The van der Waals surface area contributed by atoms with Crippen LogP contribution in [0.3, 0.4) is 0 Å². The molecule has 0 saturated carbocycles. The van der Waals surface area contributed by atoms with Crippen molar-refractivity contribution in [3.8, 4) is 33.8 Å². The number of halogens is 1. The van der Waals surface area contributed by atoms with Gasteiger partial charge in [-0.05, 0) is 47.5 Å². The molecule has 6 aromatic rings. The summed E-state index contributed by atoms with van der Waals surface area (Å²) in [5.41, 5.74) is 6.04. The molecule has 5 heterocycles. The van der Waals surface area contributed by atoms with Gasteiger partial charge in [0.05, 0.1) is 5.39 Å². The summed E-state index contributed by atoms with van der Waals surface area (Å²) in [4.78, 5) is 20.9. The Kier molecular flexibility index (Phi) is 3.82. The molecule has 31 heavy (non-hydrogen) atoms. The van der Waals surface area contributed by atoms with Crippen molar-refractivity contribution in [1.82, 2.24) is 35.1 Å². The first kappa shape index (κ1) is 17.4. The van der Waals surface area contributed by atoms with Crippen LogP contribution in [-0.4, -0.2) is 35.1 Å². The van der Waals surface area contributed by atoms with Crippen molar-refractivity contribution in [2.45, 2.75) is 0 Å². The van der Waals surface area contributed by atoms with Crippen molar-refractivity contribution >= 4 is 22.2 Å². The second kappa shape index (κ2) is 6.81. The van der Waals surface area contributed by atoms with Crippen LogP contribution in [0, 0.1) is 5.82 Å². The number of nitrogens with one attached hydrogen (secondary N) is 2. The Hall–Kier alpha value is -4.46. The Labute approximate surface area is 175 Å². The quantitative estimate of drug-likeness (QED) is 0.441.